The van der Waals surface area contributed by atoms with E-state index in [-0.39, 0.29) is 49.0 Å². The molecule has 20 heteroatoms. The lowest BCUT2D eigenvalue weighted by atomic mass is 9.85. The van der Waals surface area contributed by atoms with Crippen LogP contribution in [0, 0.1) is 96.9 Å². The lowest BCUT2D eigenvalue weighted by molar-refractivity contribution is 0.380. The number of imidazole rings is 4. The highest BCUT2D eigenvalue weighted by Crippen LogP contribution is 2.50. The normalized spacial score (nSPS) is 13.8. The van der Waals surface area contributed by atoms with Crippen molar-refractivity contribution in [2.24, 2.45) is 42.3 Å². The van der Waals surface area contributed by atoms with Gasteiger partial charge in [0.15, 0.2) is 0 Å². The van der Waals surface area contributed by atoms with Crippen LogP contribution in [0.25, 0.3) is 0 Å². The van der Waals surface area contributed by atoms with Crippen molar-refractivity contribution < 1.29 is 0 Å². The summed E-state index contributed by atoms with van der Waals surface area (Å²) in [4.78, 5) is 17.7. The molecule has 14 heterocycles. The number of nitrogens with zero attached hydrogens (tertiary/aromatic N) is 20. The number of aromatic nitrogens is 20. The summed E-state index contributed by atoms with van der Waals surface area (Å²) in [6.45, 7) is 107. The van der Waals surface area contributed by atoms with E-state index in [1.165, 1.54) is 133 Å². The van der Waals surface area contributed by atoms with E-state index in [0.717, 1.165) is 66.2 Å². The lowest BCUT2D eigenvalue weighted by Crippen LogP contribution is -2.24. The van der Waals surface area contributed by atoms with Crippen molar-refractivity contribution in [1.29, 1.82) is 0 Å². The molecule has 4 aliphatic carbocycles. The third kappa shape index (κ3) is 23.7. The highest BCUT2D eigenvalue weighted by Gasteiger charge is 2.44. The van der Waals surface area contributed by atoms with E-state index >= 15 is 0 Å². The van der Waals surface area contributed by atoms with Crippen LogP contribution < -0.4 is 0 Å². The highest BCUT2D eigenvalue weighted by atomic mass is 15.4. The number of rotatable bonds is 0. The Morgan fingerprint density at radius 1 is 0.270 bits per heavy atom. The summed E-state index contributed by atoms with van der Waals surface area (Å²) >= 11 is 0. The predicted octanol–water partition coefficient (Wildman–Crippen LogP) is 23.4. The van der Waals surface area contributed by atoms with Crippen molar-refractivity contribution in [3.8, 4) is 0 Å². The Hall–Kier alpha value is -8.55. The molecule has 11 aromatic heterocycles. The molecule has 126 heavy (non-hydrogen) atoms. The zero-order valence-electron chi connectivity index (χ0n) is 90.0. The molecule has 0 N–H and O–H groups in total. The predicted molar refractivity (Wildman–Crippen MR) is 528 cm³/mol. The van der Waals surface area contributed by atoms with E-state index in [2.05, 4.69) is 410 Å². The molecule has 18 rings (SSSR count). The molecule has 0 saturated carbocycles. The van der Waals surface area contributed by atoms with Crippen LogP contribution in [0.1, 0.15) is 421 Å². The Kier molecular flexibility index (Phi) is 28.9. The molecule has 20 nitrogen and oxygen atoms in total. The van der Waals surface area contributed by atoms with Crippen LogP contribution in [0.15, 0.2) is 6.20 Å². The fourth-order valence-electron chi connectivity index (χ4n) is 20.6. The molecule has 7 aliphatic rings. The van der Waals surface area contributed by atoms with Gasteiger partial charge in [-0.25, -0.2) is 19.9 Å². The molecule has 0 amide bonds. The molecule has 3 aliphatic heterocycles. The Bertz CT molecular complexity index is 5030. The van der Waals surface area contributed by atoms with Crippen molar-refractivity contribution in [1.82, 2.24) is 96.2 Å². The fourth-order valence-corrected chi connectivity index (χ4v) is 20.6. The van der Waals surface area contributed by atoms with Gasteiger partial charge in [0.2, 0.25) is 0 Å². The summed E-state index contributed by atoms with van der Waals surface area (Å²) in [5.41, 5.74) is 44.2. The Morgan fingerprint density at radius 3 is 0.952 bits per heavy atom. The first-order chi connectivity index (χ1) is 56.8. The molecular weight excluding hydrogens is 1550 g/mol. The van der Waals surface area contributed by atoms with Crippen LogP contribution in [-0.2, 0) is 147 Å². The van der Waals surface area contributed by atoms with Crippen LogP contribution >= 0.6 is 0 Å². The van der Waals surface area contributed by atoms with Gasteiger partial charge in [0.1, 0.15) is 23.3 Å². The van der Waals surface area contributed by atoms with E-state index < -0.39 is 0 Å². The maximum atomic E-state index is 4.44. The molecule has 0 spiro atoms. The van der Waals surface area contributed by atoms with Crippen LogP contribution in [-0.4, -0.2) is 96.2 Å². The third-order valence-corrected chi connectivity index (χ3v) is 24.9. The molecule has 0 atom stereocenters. The molecule has 0 fully saturated rings. The maximum absolute atomic E-state index is 4.44. The first-order valence-corrected chi connectivity index (χ1v) is 46.5. The van der Waals surface area contributed by atoms with Gasteiger partial charge < -0.3 is 27.4 Å². The van der Waals surface area contributed by atoms with Gasteiger partial charge in [0.05, 0.1) is 77.1 Å². The molecule has 0 unspecified atom stereocenters. The lowest BCUT2D eigenvalue weighted by Gasteiger charge is -2.24. The maximum Gasteiger partial charge on any atom is 0.129 e. The van der Waals surface area contributed by atoms with Gasteiger partial charge in [-0.05, 0) is 194 Å². The quantitative estimate of drug-likeness (QED) is 0.143. The zero-order valence-corrected chi connectivity index (χ0v) is 90.0. The first-order valence-electron chi connectivity index (χ1n) is 46.5. The minimum Gasteiger partial charge on any atom is -0.351 e. The fraction of sp³-hybridized carbons (Fsp3) is 0.670. The Labute approximate surface area is 763 Å². The number of aryl methyl sites for hydroxylation is 14. The van der Waals surface area contributed by atoms with Crippen molar-refractivity contribution in [3.63, 3.8) is 0 Å². The van der Waals surface area contributed by atoms with E-state index in [9.17, 15) is 0 Å². The van der Waals surface area contributed by atoms with Crippen LogP contribution in [0.2, 0.25) is 0 Å². The second-order valence-corrected chi connectivity index (χ2v) is 48.4. The van der Waals surface area contributed by atoms with Gasteiger partial charge in [0.25, 0.3) is 0 Å². The Balaban J connectivity index is 0.000000172. The molecule has 0 bridgehead atoms. The second-order valence-electron chi connectivity index (χ2n) is 48.4. The minimum atomic E-state index is 0.148. The average molecular weight is 1730 g/mol. The smallest absolute Gasteiger partial charge is 0.129 e. The first kappa shape index (κ1) is 103. The molecule has 0 saturated heterocycles. The summed E-state index contributed by atoms with van der Waals surface area (Å²) in [5.74, 6) is 4.62. The Morgan fingerprint density at radius 2 is 0.722 bits per heavy atom. The molecular formula is C106H174N20. The summed E-state index contributed by atoms with van der Waals surface area (Å²) in [5, 5.41) is 21.8. The van der Waals surface area contributed by atoms with E-state index in [4.69, 9.17) is 0 Å². The van der Waals surface area contributed by atoms with Crippen molar-refractivity contribution in [2.45, 2.75) is 431 Å². The van der Waals surface area contributed by atoms with Crippen molar-refractivity contribution in [3.05, 3.63) is 199 Å². The number of fused-ring (bicyclic) bond motifs is 8. The highest BCUT2D eigenvalue weighted by molar-refractivity contribution is 5.60. The van der Waals surface area contributed by atoms with Gasteiger partial charge in [-0.15, -0.1) is 0 Å². The molecule has 0 radical (unpaired) electrons. The summed E-state index contributed by atoms with van der Waals surface area (Å²) in [6, 6.07) is 0. The van der Waals surface area contributed by atoms with Gasteiger partial charge in [-0.1, -0.05) is 187 Å². The minimum absolute atomic E-state index is 0.148. The van der Waals surface area contributed by atoms with Crippen LogP contribution in [0.3, 0.4) is 0 Å². The molecule has 698 valence electrons. The monoisotopic (exact) mass is 1730 g/mol. The number of hydrogen-bond donors (Lipinski definition) is 0. The third-order valence-electron chi connectivity index (χ3n) is 24.9. The second kappa shape index (κ2) is 35.4. The number of hydrogen-bond acceptors (Lipinski definition) is 9. The summed E-state index contributed by atoms with van der Waals surface area (Å²) in [7, 11) is 12.3. The summed E-state index contributed by atoms with van der Waals surface area (Å²) < 4.78 is 23.9. The van der Waals surface area contributed by atoms with E-state index in [0.29, 0.717) is 10.8 Å². The van der Waals surface area contributed by atoms with Gasteiger partial charge in [-0.2, -0.15) is 25.5 Å². The van der Waals surface area contributed by atoms with Crippen LogP contribution in [0.4, 0.5) is 0 Å². The van der Waals surface area contributed by atoms with E-state index in [1.807, 2.05) is 60.0 Å². The SMILES string of the molecule is CC(C)(C)c1c2c(n3c1C3)C2.Cc1c(C(C)(C)C)c2c(n1C)C2.Cc1cnn(C)c1C(C)(C)C.Cc1nc(C)n(C(C)(C)C)c1C.Cc1nc(C)n(C)c1C(C)(C)C.Cc1nc2c(n1C(C)(C)C)C2.Cc1nc2n(c1C(C)(C)C)C2.Cc1nn(C)c(C(C)(C)C)c1C.Cc1nn(C)c(C)c1C(C)(C)C.Cc1nn2c(c1C(C)(C)C)C2.Cn1nc2c(c1C(C)(C)C)C2. The standard InChI is InChI=1S/C11H17N.4C10H18N2.C10H13N.4C9H14N2.C9H16N2/c1-7-10(11(2,3)4)8-6-9(8)12(7)5;1-7-9(10(3,4)5)12(6)8(2)11-7;1-7-9(10(3,4)5)8(2)12(6)11-7;1-7-8(2)11-12(6)9(7)10(3,4)5;1-7-8(2)12(9(3)11-7)10(4,5)6;1-10(2,3)9-6-4-7(6)11-5-8(9)11;1-9(2,3)8-6-5-7(6)10-11(8)4;1-6-8(9(2,3)4)11-5-7(11)10-6;1-6-8(9(2,3)4)7-5-11(7)10-6;1-6-10-7-5-8(7)11(6)9(2,3)4;1-7-6-10-11(5)8(7)9(2,3)4/h6H2,1-5H3;4*1-6H3;4-5H2,1-3H3;4*5H2,1-4H3;6H,1-5H3. The van der Waals surface area contributed by atoms with Gasteiger partial charge >= 0.3 is 0 Å². The van der Waals surface area contributed by atoms with E-state index in [1.54, 1.807) is 39.3 Å². The van der Waals surface area contributed by atoms with Gasteiger partial charge in [-0.3, -0.25) is 23.4 Å². The molecule has 11 aromatic rings. The topological polar surface area (TPSA) is 170 Å². The van der Waals surface area contributed by atoms with Crippen molar-refractivity contribution >= 4 is 0 Å². The average Bonchev–Trinajstić information content (AvgIpc) is 1.51. The van der Waals surface area contributed by atoms with Crippen molar-refractivity contribution in [2.75, 3.05) is 0 Å². The van der Waals surface area contributed by atoms with Crippen LogP contribution in [0.5, 0.6) is 0 Å². The summed E-state index contributed by atoms with van der Waals surface area (Å²) in [6.07, 6.45) is 6.70. The largest absolute Gasteiger partial charge is 0.351 e. The van der Waals surface area contributed by atoms with Gasteiger partial charge in [0, 0.05) is 191 Å². The molecule has 0 aromatic carbocycles. The zero-order chi connectivity index (χ0) is 96.5.